The molecule has 0 bridgehead atoms. The van der Waals surface area contributed by atoms with Crippen molar-refractivity contribution in [3.63, 3.8) is 0 Å². The van der Waals surface area contributed by atoms with Crippen molar-refractivity contribution >= 4 is 29.0 Å². The molecule has 0 amide bonds. The second kappa shape index (κ2) is 8.00. The number of pyridine rings is 1. The van der Waals surface area contributed by atoms with E-state index in [-0.39, 0.29) is 0 Å². The molecule has 0 atom stereocenters. The summed E-state index contributed by atoms with van der Waals surface area (Å²) in [4.78, 5) is 12.3. The predicted molar refractivity (Wildman–Crippen MR) is 84.2 cm³/mol. The van der Waals surface area contributed by atoms with Crippen molar-refractivity contribution in [1.82, 2.24) is 15.0 Å². The topological polar surface area (TPSA) is 59.9 Å². The molecule has 0 aromatic carbocycles. The van der Waals surface area contributed by atoms with Gasteiger partial charge >= 0.3 is 0 Å². The lowest BCUT2D eigenvalue weighted by atomic mass is 10.2. The zero-order valence-electron chi connectivity index (χ0n) is 11.6. The highest BCUT2D eigenvalue weighted by molar-refractivity contribution is 6.32. The highest BCUT2D eigenvalue weighted by atomic mass is 35.5. The quantitative estimate of drug-likeness (QED) is 0.623. The van der Waals surface area contributed by atoms with Crippen molar-refractivity contribution < 1.29 is 4.74 Å². The van der Waals surface area contributed by atoms with Crippen LogP contribution in [0.2, 0.25) is 5.02 Å². The Morgan fingerprint density at radius 1 is 1.33 bits per heavy atom. The van der Waals surface area contributed by atoms with Gasteiger partial charge in [-0.1, -0.05) is 11.6 Å². The number of alkyl halides is 1. The lowest BCUT2D eigenvalue weighted by Crippen LogP contribution is -2.07. The molecular weight excluding hydrogens is 311 g/mol. The Morgan fingerprint density at radius 2 is 2.19 bits per heavy atom. The maximum atomic E-state index is 6.00. The number of anilines is 1. The van der Waals surface area contributed by atoms with E-state index in [4.69, 9.17) is 27.9 Å². The fourth-order valence-electron chi connectivity index (χ4n) is 1.74. The largest absolute Gasteiger partial charge is 0.493 e. The minimum atomic E-state index is 0.477. The summed E-state index contributed by atoms with van der Waals surface area (Å²) in [5, 5.41) is 3.62. The predicted octanol–water partition coefficient (Wildman–Crippen LogP) is 3.45. The maximum Gasteiger partial charge on any atom is 0.148 e. The highest BCUT2D eigenvalue weighted by Crippen LogP contribution is 2.22. The van der Waals surface area contributed by atoms with Crippen LogP contribution in [0.25, 0.3) is 0 Å². The van der Waals surface area contributed by atoms with Crippen molar-refractivity contribution in [3.05, 3.63) is 41.1 Å². The molecular formula is C14H16Cl2N4O. The Balaban J connectivity index is 2.03. The monoisotopic (exact) mass is 326 g/mol. The number of ether oxygens (including phenoxy) is 1. The maximum absolute atomic E-state index is 6.00. The van der Waals surface area contributed by atoms with E-state index >= 15 is 0 Å². The summed E-state index contributed by atoms with van der Waals surface area (Å²) in [6.07, 6.45) is 5.53. The van der Waals surface area contributed by atoms with Crippen LogP contribution in [0.5, 0.6) is 5.75 Å². The Hall–Kier alpha value is -1.59. The molecule has 0 radical (unpaired) electrons. The van der Waals surface area contributed by atoms with Crippen molar-refractivity contribution in [2.75, 3.05) is 17.8 Å². The smallest absolute Gasteiger partial charge is 0.148 e. The number of hydrogen-bond acceptors (Lipinski definition) is 5. The van der Waals surface area contributed by atoms with Gasteiger partial charge in [0.15, 0.2) is 0 Å². The van der Waals surface area contributed by atoms with Gasteiger partial charge in [-0.25, -0.2) is 9.97 Å². The summed E-state index contributed by atoms with van der Waals surface area (Å²) in [5.41, 5.74) is 1.87. The van der Waals surface area contributed by atoms with Gasteiger partial charge in [-0.3, -0.25) is 4.98 Å². The van der Waals surface area contributed by atoms with E-state index < -0.39 is 0 Å². The first-order valence-corrected chi connectivity index (χ1v) is 7.46. The van der Waals surface area contributed by atoms with E-state index in [0.29, 0.717) is 29.9 Å². The van der Waals surface area contributed by atoms with E-state index in [0.717, 1.165) is 23.4 Å². The van der Waals surface area contributed by atoms with Gasteiger partial charge in [0.25, 0.3) is 0 Å². The molecule has 2 rings (SSSR count). The van der Waals surface area contributed by atoms with E-state index in [1.165, 1.54) is 6.33 Å². The van der Waals surface area contributed by atoms with Gasteiger partial charge in [0.2, 0.25) is 0 Å². The van der Waals surface area contributed by atoms with Gasteiger partial charge in [-0.05, 0) is 19.4 Å². The molecule has 112 valence electrons. The third-order valence-electron chi connectivity index (χ3n) is 2.89. The van der Waals surface area contributed by atoms with Crippen LogP contribution in [0.3, 0.4) is 0 Å². The minimum absolute atomic E-state index is 0.477. The fraction of sp³-hybridized carbons (Fsp3) is 0.357. The lowest BCUT2D eigenvalue weighted by Gasteiger charge is -2.12. The van der Waals surface area contributed by atoms with Crippen LogP contribution in [0.15, 0.2) is 24.8 Å². The van der Waals surface area contributed by atoms with Crippen LogP contribution in [0, 0.1) is 6.92 Å². The third-order valence-corrected chi connectivity index (χ3v) is 3.43. The molecule has 2 heterocycles. The van der Waals surface area contributed by atoms with E-state index in [1.54, 1.807) is 12.4 Å². The number of hydrogen-bond donors (Lipinski definition) is 1. The minimum Gasteiger partial charge on any atom is -0.493 e. The standard InChI is InChI=1S/C14H16Cl2N4O/c1-10-12(8-19-14-11(16)7-17-9-20-14)18-5-3-13(10)21-6-2-4-15/h3,5,7,9H,2,4,6,8H2,1H3,(H,17,19,20). The molecule has 0 saturated heterocycles. The summed E-state index contributed by atoms with van der Waals surface area (Å²) in [7, 11) is 0. The first-order valence-electron chi connectivity index (χ1n) is 6.55. The summed E-state index contributed by atoms with van der Waals surface area (Å²) in [6, 6.07) is 1.85. The molecule has 0 aliphatic rings. The zero-order valence-corrected chi connectivity index (χ0v) is 13.2. The molecule has 0 unspecified atom stereocenters. The van der Waals surface area contributed by atoms with Gasteiger partial charge < -0.3 is 10.1 Å². The van der Waals surface area contributed by atoms with Crippen LogP contribution in [-0.4, -0.2) is 27.4 Å². The zero-order chi connectivity index (χ0) is 15.1. The molecule has 7 heteroatoms. The molecule has 0 aliphatic heterocycles. The van der Waals surface area contributed by atoms with Crippen LogP contribution in [0.4, 0.5) is 5.82 Å². The van der Waals surface area contributed by atoms with Gasteiger partial charge in [0.05, 0.1) is 25.0 Å². The van der Waals surface area contributed by atoms with Crippen molar-refractivity contribution in [3.8, 4) is 5.75 Å². The molecule has 2 aromatic heterocycles. The Kier molecular flexibility index (Phi) is 6.02. The average Bonchev–Trinajstić information content (AvgIpc) is 2.49. The van der Waals surface area contributed by atoms with Gasteiger partial charge in [-0.2, -0.15) is 0 Å². The summed E-state index contributed by atoms with van der Waals surface area (Å²) < 4.78 is 5.69. The van der Waals surface area contributed by atoms with Crippen LogP contribution in [0.1, 0.15) is 17.7 Å². The van der Waals surface area contributed by atoms with Gasteiger partial charge in [0, 0.05) is 17.6 Å². The van der Waals surface area contributed by atoms with Gasteiger partial charge in [-0.15, -0.1) is 11.6 Å². The summed E-state index contributed by atoms with van der Waals surface area (Å²) in [6.45, 7) is 3.08. The third kappa shape index (κ3) is 4.44. The number of aromatic nitrogens is 3. The molecule has 21 heavy (non-hydrogen) atoms. The SMILES string of the molecule is Cc1c(OCCCCl)ccnc1CNc1ncncc1Cl. The van der Waals surface area contributed by atoms with Crippen LogP contribution >= 0.6 is 23.2 Å². The average molecular weight is 327 g/mol. The van der Waals surface area contributed by atoms with Crippen LogP contribution < -0.4 is 10.1 Å². The molecule has 1 N–H and O–H groups in total. The molecule has 5 nitrogen and oxygen atoms in total. The number of halogens is 2. The Morgan fingerprint density at radius 3 is 2.95 bits per heavy atom. The van der Waals surface area contributed by atoms with Crippen LogP contribution in [-0.2, 0) is 6.54 Å². The number of nitrogens with one attached hydrogen (secondary N) is 1. The normalized spacial score (nSPS) is 10.4. The Labute approximate surface area is 133 Å². The highest BCUT2D eigenvalue weighted by Gasteiger charge is 2.08. The Bertz CT molecular complexity index is 595. The van der Waals surface area contributed by atoms with E-state index in [9.17, 15) is 0 Å². The number of rotatable bonds is 7. The summed E-state index contributed by atoms with van der Waals surface area (Å²) in [5.74, 6) is 1.99. The number of nitrogens with zero attached hydrogens (tertiary/aromatic N) is 3. The van der Waals surface area contributed by atoms with E-state index in [1.807, 2.05) is 13.0 Å². The molecule has 2 aromatic rings. The molecule has 0 fully saturated rings. The molecule has 0 saturated carbocycles. The molecule has 0 spiro atoms. The lowest BCUT2D eigenvalue weighted by molar-refractivity contribution is 0.315. The first kappa shape index (κ1) is 15.8. The molecule has 0 aliphatic carbocycles. The van der Waals surface area contributed by atoms with Gasteiger partial charge in [0.1, 0.15) is 22.9 Å². The van der Waals surface area contributed by atoms with Crippen molar-refractivity contribution in [1.29, 1.82) is 0 Å². The second-order valence-electron chi connectivity index (χ2n) is 4.34. The second-order valence-corrected chi connectivity index (χ2v) is 5.13. The first-order chi connectivity index (χ1) is 10.2. The van der Waals surface area contributed by atoms with Crippen molar-refractivity contribution in [2.45, 2.75) is 19.9 Å². The van der Waals surface area contributed by atoms with E-state index in [2.05, 4.69) is 20.3 Å². The summed E-state index contributed by atoms with van der Waals surface area (Å²) >= 11 is 11.6. The fourth-order valence-corrected chi connectivity index (χ4v) is 2.02. The van der Waals surface area contributed by atoms with Crippen molar-refractivity contribution in [2.24, 2.45) is 0 Å².